The van der Waals surface area contributed by atoms with Crippen LogP contribution in [0.25, 0.3) is 0 Å². The maximum Gasteiger partial charge on any atom is 0.337 e. The molecule has 4 aromatic rings. The molecule has 0 aromatic heterocycles. The van der Waals surface area contributed by atoms with Crippen LogP contribution in [-0.4, -0.2) is 17.0 Å². The van der Waals surface area contributed by atoms with Crippen LogP contribution in [0.4, 0.5) is 5.69 Å². The van der Waals surface area contributed by atoms with Crippen molar-refractivity contribution < 1.29 is 14.7 Å². The van der Waals surface area contributed by atoms with Gasteiger partial charge in [-0.1, -0.05) is 78.3 Å². The summed E-state index contributed by atoms with van der Waals surface area (Å²) in [7, 11) is 0. The van der Waals surface area contributed by atoms with Gasteiger partial charge in [0.1, 0.15) is 0 Å². The molecule has 0 bridgehead atoms. The SMILES string of the molecule is O=C(Nc1ccc(Cl)cc1C(=O)O)c1cccc(C(NC2CCc3ccccc32)c2ccccc2)c1. The molecule has 0 spiro atoms. The average molecular weight is 497 g/mol. The molecule has 0 aliphatic heterocycles. The van der Waals surface area contributed by atoms with E-state index in [4.69, 9.17) is 11.6 Å². The Morgan fingerprint density at radius 2 is 1.61 bits per heavy atom. The van der Waals surface area contributed by atoms with E-state index >= 15 is 0 Å². The average Bonchev–Trinajstić information content (AvgIpc) is 3.31. The number of carboxylic acids is 1. The van der Waals surface area contributed by atoms with E-state index in [1.54, 1.807) is 12.1 Å². The van der Waals surface area contributed by atoms with E-state index in [0.717, 1.165) is 24.0 Å². The molecule has 1 amide bonds. The van der Waals surface area contributed by atoms with E-state index in [1.165, 1.54) is 23.3 Å². The second kappa shape index (κ2) is 10.4. The zero-order valence-corrected chi connectivity index (χ0v) is 20.2. The number of amides is 1. The standard InChI is InChI=1S/C30H25ClN2O3/c31-23-14-16-27(25(18-23)30(35)36)33-29(34)22-11-6-10-21(17-22)28(20-8-2-1-3-9-20)32-26-15-13-19-7-4-5-12-24(19)26/h1-12,14,16-18,26,28,32H,13,15H2,(H,33,34)(H,35,36). The number of hydrogen-bond donors (Lipinski definition) is 3. The highest BCUT2D eigenvalue weighted by Crippen LogP contribution is 2.35. The fourth-order valence-electron chi connectivity index (χ4n) is 4.82. The normalized spacial score (nSPS) is 15.2. The number of carbonyl (C=O) groups is 2. The van der Waals surface area contributed by atoms with Crippen molar-refractivity contribution in [2.24, 2.45) is 0 Å². The molecular formula is C30H25ClN2O3. The van der Waals surface area contributed by atoms with Gasteiger partial charge in [0, 0.05) is 16.6 Å². The Hall–Kier alpha value is -3.93. The molecule has 0 radical (unpaired) electrons. The van der Waals surface area contributed by atoms with Crippen molar-refractivity contribution >= 4 is 29.2 Å². The molecule has 2 atom stereocenters. The van der Waals surface area contributed by atoms with Crippen molar-refractivity contribution in [3.8, 4) is 0 Å². The molecule has 36 heavy (non-hydrogen) atoms. The van der Waals surface area contributed by atoms with E-state index in [-0.39, 0.29) is 34.3 Å². The number of anilines is 1. The fourth-order valence-corrected chi connectivity index (χ4v) is 4.99. The number of halogens is 1. The highest BCUT2D eigenvalue weighted by molar-refractivity contribution is 6.31. The lowest BCUT2D eigenvalue weighted by Gasteiger charge is -2.25. The summed E-state index contributed by atoms with van der Waals surface area (Å²) in [5, 5.41) is 16.3. The van der Waals surface area contributed by atoms with Gasteiger partial charge in [-0.3, -0.25) is 10.1 Å². The largest absolute Gasteiger partial charge is 0.478 e. The highest BCUT2D eigenvalue weighted by Gasteiger charge is 2.26. The lowest BCUT2D eigenvalue weighted by Crippen LogP contribution is -2.26. The Balaban J connectivity index is 1.45. The van der Waals surface area contributed by atoms with Crippen LogP contribution in [0.1, 0.15) is 61.5 Å². The molecule has 0 saturated heterocycles. The van der Waals surface area contributed by atoms with Crippen molar-refractivity contribution in [2.75, 3.05) is 5.32 Å². The van der Waals surface area contributed by atoms with Gasteiger partial charge in [-0.25, -0.2) is 4.79 Å². The molecule has 5 nitrogen and oxygen atoms in total. The van der Waals surface area contributed by atoms with Gasteiger partial charge in [0.15, 0.2) is 0 Å². The quantitative estimate of drug-likeness (QED) is 0.267. The van der Waals surface area contributed by atoms with Gasteiger partial charge >= 0.3 is 5.97 Å². The summed E-state index contributed by atoms with van der Waals surface area (Å²) in [6.45, 7) is 0. The predicted octanol–water partition coefficient (Wildman–Crippen LogP) is 6.66. The van der Waals surface area contributed by atoms with Crippen LogP contribution in [0.3, 0.4) is 0 Å². The minimum atomic E-state index is -1.16. The molecule has 0 saturated carbocycles. The summed E-state index contributed by atoms with van der Waals surface area (Å²) in [6.07, 6.45) is 2.04. The summed E-state index contributed by atoms with van der Waals surface area (Å²) >= 11 is 5.95. The first-order chi connectivity index (χ1) is 17.5. The third-order valence-corrected chi connectivity index (χ3v) is 6.81. The molecule has 0 fully saturated rings. The number of aryl methyl sites for hydroxylation is 1. The minimum Gasteiger partial charge on any atom is -0.478 e. The smallest absolute Gasteiger partial charge is 0.337 e. The number of benzene rings is 4. The second-order valence-corrected chi connectivity index (χ2v) is 9.31. The van der Waals surface area contributed by atoms with Crippen LogP contribution < -0.4 is 10.6 Å². The topological polar surface area (TPSA) is 78.4 Å². The van der Waals surface area contributed by atoms with Gasteiger partial charge < -0.3 is 10.4 Å². The van der Waals surface area contributed by atoms with Gasteiger partial charge in [0.25, 0.3) is 5.91 Å². The lowest BCUT2D eigenvalue weighted by atomic mass is 9.95. The number of carbonyl (C=O) groups excluding carboxylic acids is 1. The van der Waals surface area contributed by atoms with E-state index in [9.17, 15) is 14.7 Å². The van der Waals surface area contributed by atoms with Gasteiger partial charge in [0.2, 0.25) is 0 Å². The van der Waals surface area contributed by atoms with E-state index in [1.807, 2.05) is 36.4 Å². The van der Waals surface area contributed by atoms with Crippen LogP contribution in [0.15, 0.2) is 97.1 Å². The Kier molecular flexibility index (Phi) is 6.85. The zero-order chi connectivity index (χ0) is 25.1. The summed E-state index contributed by atoms with van der Waals surface area (Å²) in [5.41, 5.74) is 5.31. The first-order valence-electron chi connectivity index (χ1n) is 11.8. The number of nitrogens with one attached hydrogen (secondary N) is 2. The summed E-state index contributed by atoms with van der Waals surface area (Å²) in [6, 6.07) is 30.6. The molecule has 180 valence electrons. The zero-order valence-electron chi connectivity index (χ0n) is 19.4. The number of aromatic carboxylic acids is 1. The molecule has 5 rings (SSSR count). The van der Waals surface area contributed by atoms with Gasteiger partial charge in [0.05, 0.1) is 17.3 Å². The van der Waals surface area contributed by atoms with Gasteiger partial charge in [-0.15, -0.1) is 0 Å². The summed E-state index contributed by atoms with van der Waals surface area (Å²) in [4.78, 5) is 24.8. The molecule has 3 N–H and O–H groups in total. The third-order valence-electron chi connectivity index (χ3n) is 6.58. The summed E-state index contributed by atoms with van der Waals surface area (Å²) < 4.78 is 0. The molecule has 1 aliphatic rings. The van der Waals surface area contributed by atoms with E-state index in [0.29, 0.717) is 5.56 Å². The fraction of sp³-hybridized carbons (Fsp3) is 0.133. The van der Waals surface area contributed by atoms with Crippen molar-refractivity contribution in [1.29, 1.82) is 0 Å². The van der Waals surface area contributed by atoms with Crippen molar-refractivity contribution in [3.63, 3.8) is 0 Å². The van der Waals surface area contributed by atoms with Crippen LogP contribution in [0.5, 0.6) is 0 Å². The van der Waals surface area contributed by atoms with Crippen molar-refractivity contribution in [1.82, 2.24) is 5.32 Å². The predicted molar refractivity (Wildman–Crippen MR) is 142 cm³/mol. The van der Waals surface area contributed by atoms with Crippen LogP contribution in [0, 0.1) is 0 Å². The van der Waals surface area contributed by atoms with Crippen LogP contribution in [0.2, 0.25) is 5.02 Å². The lowest BCUT2D eigenvalue weighted by molar-refractivity contribution is 0.0698. The number of fused-ring (bicyclic) bond motifs is 1. The van der Waals surface area contributed by atoms with Crippen molar-refractivity contribution in [2.45, 2.75) is 24.9 Å². The highest BCUT2D eigenvalue weighted by atomic mass is 35.5. The van der Waals surface area contributed by atoms with E-state index in [2.05, 4.69) is 47.0 Å². The first kappa shape index (κ1) is 23.8. The Labute approximate surface area is 214 Å². The maximum absolute atomic E-state index is 13.1. The van der Waals surface area contributed by atoms with Crippen LogP contribution in [-0.2, 0) is 6.42 Å². The maximum atomic E-state index is 13.1. The molecular weight excluding hydrogens is 472 g/mol. The monoisotopic (exact) mass is 496 g/mol. The Morgan fingerprint density at radius 3 is 2.42 bits per heavy atom. The number of hydrogen-bond acceptors (Lipinski definition) is 3. The number of carboxylic acid groups (broad SMARTS) is 1. The van der Waals surface area contributed by atoms with Gasteiger partial charge in [-0.05, 0) is 65.4 Å². The molecule has 2 unspecified atom stereocenters. The van der Waals surface area contributed by atoms with Gasteiger partial charge in [-0.2, -0.15) is 0 Å². The first-order valence-corrected chi connectivity index (χ1v) is 12.2. The van der Waals surface area contributed by atoms with E-state index < -0.39 is 5.97 Å². The molecule has 0 heterocycles. The molecule has 4 aromatic carbocycles. The number of rotatable bonds is 7. The Bertz CT molecular complexity index is 1420. The molecule has 1 aliphatic carbocycles. The second-order valence-electron chi connectivity index (χ2n) is 8.88. The molecule has 6 heteroatoms. The van der Waals surface area contributed by atoms with Crippen molar-refractivity contribution in [3.05, 3.63) is 135 Å². The Morgan fingerprint density at radius 1 is 0.861 bits per heavy atom. The minimum absolute atomic E-state index is 0.0595. The third kappa shape index (κ3) is 5.03. The van der Waals surface area contributed by atoms with Crippen LogP contribution >= 0.6 is 11.6 Å². The summed E-state index contributed by atoms with van der Waals surface area (Å²) in [5.74, 6) is -1.55.